The topological polar surface area (TPSA) is 30.2 Å². The van der Waals surface area contributed by atoms with E-state index in [2.05, 4.69) is 19.1 Å². The van der Waals surface area contributed by atoms with Crippen LogP contribution in [0.5, 0.6) is 0 Å². The van der Waals surface area contributed by atoms with Gasteiger partial charge in [-0.2, -0.15) is 0 Å². The molecule has 4 rings (SSSR count). The molecule has 122 valence electrons. The summed E-state index contributed by atoms with van der Waals surface area (Å²) in [6.07, 6.45) is 0.846. The number of carbonyl (C=O) groups is 1. The van der Waals surface area contributed by atoms with Crippen LogP contribution in [0.2, 0.25) is 0 Å². The van der Waals surface area contributed by atoms with Crippen molar-refractivity contribution in [1.29, 1.82) is 0 Å². The Balaban J connectivity index is 1.64. The molecule has 0 bridgehead atoms. The van der Waals surface area contributed by atoms with E-state index < -0.39 is 0 Å². The lowest BCUT2D eigenvalue weighted by molar-refractivity contribution is 0.103. The summed E-state index contributed by atoms with van der Waals surface area (Å²) in [5, 5.41) is 1.04. The molecule has 0 amide bonds. The van der Waals surface area contributed by atoms with Crippen LogP contribution in [0.3, 0.4) is 0 Å². The molecule has 3 aromatic carbocycles. The summed E-state index contributed by atoms with van der Waals surface area (Å²) >= 11 is 0. The quantitative estimate of drug-likeness (QED) is 0.437. The highest BCUT2D eigenvalue weighted by molar-refractivity contribution is 6.10. The van der Waals surface area contributed by atoms with Gasteiger partial charge in [-0.25, -0.2) is 0 Å². The number of ketones is 1. The van der Waals surface area contributed by atoms with Crippen molar-refractivity contribution in [1.82, 2.24) is 0 Å². The molecule has 0 saturated carbocycles. The van der Waals surface area contributed by atoms with E-state index in [9.17, 15) is 4.79 Å². The molecule has 0 radical (unpaired) electrons. The van der Waals surface area contributed by atoms with Gasteiger partial charge >= 0.3 is 0 Å². The van der Waals surface area contributed by atoms with E-state index >= 15 is 0 Å². The standard InChI is InChI=1S/C23H18O2/c1-2-21-14-19-12-13-20(15-22(19)25-21)23(24)18-10-8-17(9-11-18)16-6-4-3-5-7-16/h3-15H,2H2,1H3. The summed E-state index contributed by atoms with van der Waals surface area (Å²) in [7, 11) is 0. The monoisotopic (exact) mass is 326 g/mol. The predicted molar refractivity (Wildman–Crippen MR) is 101 cm³/mol. The van der Waals surface area contributed by atoms with Gasteiger partial charge in [0, 0.05) is 22.9 Å². The van der Waals surface area contributed by atoms with E-state index in [4.69, 9.17) is 4.42 Å². The van der Waals surface area contributed by atoms with Gasteiger partial charge in [-0.15, -0.1) is 0 Å². The minimum atomic E-state index is 0.0101. The molecular formula is C23H18O2. The number of aryl methyl sites for hydroxylation is 1. The molecule has 0 fully saturated rings. The molecule has 0 unspecified atom stereocenters. The molecule has 0 N–H and O–H groups in total. The van der Waals surface area contributed by atoms with Gasteiger partial charge in [-0.05, 0) is 23.3 Å². The number of carbonyl (C=O) groups excluding carboxylic acids is 1. The SMILES string of the molecule is CCc1cc2ccc(C(=O)c3ccc(-c4ccccc4)cc3)cc2o1. The second kappa shape index (κ2) is 6.40. The van der Waals surface area contributed by atoms with Gasteiger partial charge < -0.3 is 4.42 Å². The van der Waals surface area contributed by atoms with Crippen molar-refractivity contribution >= 4 is 16.8 Å². The van der Waals surface area contributed by atoms with Crippen LogP contribution in [-0.2, 0) is 6.42 Å². The summed E-state index contributed by atoms with van der Waals surface area (Å²) in [5.41, 5.74) is 4.35. The van der Waals surface area contributed by atoms with Crippen LogP contribution in [0.1, 0.15) is 28.6 Å². The lowest BCUT2D eigenvalue weighted by Crippen LogP contribution is -2.00. The highest BCUT2D eigenvalue weighted by atomic mass is 16.3. The first-order valence-corrected chi connectivity index (χ1v) is 8.47. The Bertz CT molecular complexity index is 1020. The maximum absolute atomic E-state index is 12.8. The molecule has 1 aromatic heterocycles. The zero-order valence-electron chi connectivity index (χ0n) is 14.0. The lowest BCUT2D eigenvalue weighted by atomic mass is 9.99. The predicted octanol–water partition coefficient (Wildman–Crippen LogP) is 5.89. The van der Waals surface area contributed by atoms with Gasteiger partial charge in [0.15, 0.2) is 5.78 Å². The van der Waals surface area contributed by atoms with Gasteiger partial charge in [-0.3, -0.25) is 4.79 Å². The summed E-state index contributed by atoms with van der Waals surface area (Å²) in [5.74, 6) is 0.947. The fourth-order valence-corrected chi connectivity index (χ4v) is 3.01. The minimum Gasteiger partial charge on any atom is -0.461 e. The highest BCUT2D eigenvalue weighted by Gasteiger charge is 2.12. The number of hydrogen-bond acceptors (Lipinski definition) is 2. The first-order chi connectivity index (χ1) is 12.2. The van der Waals surface area contributed by atoms with Crippen molar-refractivity contribution in [2.24, 2.45) is 0 Å². The van der Waals surface area contributed by atoms with Crippen LogP contribution in [0.15, 0.2) is 83.3 Å². The summed E-state index contributed by atoms with van der Waals surface area (Å²) in [6.45, 7) is 2.05. The largest absolute Gasteiger partial charge is 0.461 e. The second-order valence-corrected chi connectivity index (χ2v) is 6.09. The first kappa shape index (κ1) is 15.4. The Morgan fingerprint density at radius 1 is 0.800 bits per heavy atom. The average molecular weight is 326 g/mol. The van der Waals surface area contributed by atoms with Crippen LogP contribution in [-0.4, -0.2) is 5.78 Å². The molecule has 0 atom stereocenters. The molecule has 0 aliphatic rings. The third kappa shape index (κ3) is 2.99. The van der Waals surface area contributed by atoms with Gasteiger partial charge in [-0.1, -0.05) is 73.7 Å². The Kier molecular flexibility index (Phi) is 3.95. The zero-order chi connectivity index (χ0) is 17.2. The Morgan fingerprint density at radius 2 is 1.48 bits per heavy atom. The number of fused-ring (bicyclic) bond motifs is 1. The fraction of sp³-hybridized carbons (Fsp3) is 0.0870. The summed E-state index contributed by atoms with van der Waals surface area (Å²) < 4.78 is 5.77. The van der Waals surface area contributed by atoms with Gasteiger partial charge in [0.2, 0.25) is 0 Å². The molecule has 0 saturated heterocycles. The highest BCUT2D eigenvalue weighted by Crippen LogP contribution is 2.24. The Hall–Kier alpha value is -3.13. The van der Waals surface area contributed by atoms with Crippen molar-refractivity contribution in [2.45, 2.75) is 13.3 Å². The van der Waals surface area contributed by atoms with Gasteiger partial charge in [0.05, 0.1) is 0 Å². The lowest BCUT2D eigenvalue weighted by Gasteiger charge is -2.04. The van der Waals surface area contributed by atoms with Crippen LogP contribution in [0.25, 0.3) is 22.1 Å². The third-order valence-corrected chi connectivity index (χ3v) is 4.44. The van der Waals surface area contributed by atoms with Crippen LogP contribution >= 0.6 is 0 Å². The second-order valence-electron chi connectivity index (χ2n) is 6.09. The van der Waals surface area contributed by atoms with E-state index in [-0.39, 0.29) is 5.78 Å². The van der Waals surface area contributed by atoms with Gasteiger partial charge in [0.1, 0.15) is 11.3 Å². The number of benzene rings is 3. The van der Waals surface area contributed by atoms with E-state index in [0.29, 0.717) is 11.1 Å². The summed E-state index contributed by atoms with van der Waals surface area (Å²) in [4.78, 5) is 12.8. The summed E-state index contributed by atoms with van der Waals surface area (Å²) in [6, 6.07) is 25.6. The van der Waals surface area contributed by atoms with Gasteiger partial charge in [0.25, 0.3) is 0 Å². The third-order valence-electron chi connectivity index (χ3n) is 4.44. The van der Waals surface area contributed by atoms with E-state index in [1.807, 2.05) is 66.7 Å². The van der Waals surface area contributed by atoms with Crippen molar-refractivity contribution in [3.8, 4) is 11.1 Å². The number of hydrogen-bond donors (Lipinski definition) is 0. The normalized spacial score (nSPS) is 10.9. The fourth-order valence-electron chi connectivity index (χ4n) is 3.01. The molecule has 0 aliphatic heterocycles. The molecule has 2 heteroatoms. The van der Waals surface area contributed by atoms with Crippen LogP contribution in [0.4, 0.5) is 0 Å². The van der Waals surface area contributed by atoms with Crippen molar-refractivity contribution in [2.75, 3.05) is 0 Å². The minimum absolute atomic E-state index is 0.0101. The van der Waals surface area contributed by atoms with E-state index in [1.54, 1.807) is 0 Å². The maximum Gasteiger partial charge on any atom is 0.193 e. The van der Waals surface area contributed by atoms with Crippen LogP contribution < -0.4 is 0 Å². The molecule has 4 aromatic rings. The average Bonchev–Trinajstić information content (AvgIpc) is 3.10. The molecule has 0 aliphatic carbocycles. The van der Waals surface area contributed by atoms with Crippen molar-refractivity contribution in [3.63, 3.8) is 0 Å². The van der Waals surface area contributed by atoms with E-state index in [0.717, 1.165) is 34.3 Å². The maximum atomic E-state index is 12.8. The number of furan rings is 1. The Morgan fingerprint density at radius 3 is 2.20 bits per heavy atom. The Labute approximate surface area is 146 Å². The molecule has 25 heavy (non-hydrogen) atoms. The van der Waals surface area contributed by atoms with Crippen molar-refractivity contribution < 1.29 is 9.21 Å². The van der Waals surface area contributed by atoms with E-state index in [1.165, 1.54) is 0 Å². The zero-order valence-corrected chi connectivity index (χ0v) is 14.0. The molecule has 0 spiro atoms. The van der Waals surface area contributed by atoms with Crippen LogP contribution in [0, 0.1) is 0 Å². The molecular weight excluding hydrogens is 308 g/mol. The van der Waals surface area contributed by atoms with Crippen molar-refractivity contribution in [3.05, 3.63) is 95.7 Å². The molecule has 1 heterocycles. The first-order valence-electron chi connectivity index (χ1n) is 8.47. The molecule has 2 nitrogen and oxygen atoms in total. The number of rotatable bonds is 4. The smallest absolute Gasteiger partial charge is 0.193 e.